The fourth-order valence-corrected chi connectivity index (χ4v) is 2.71. The van der Waals surface area contributed by atoms with E-state index in [0.717, 1.165) is 12.0 Å². The first kappa shape index (κ1) is 13.0. The van der Waals surface area contributed by atoms with Gasteiger partial charge in [-0.1, -0.05) is 36.4 Å². The summed E-state index contributed by atoms with van der Waals surface area (Å²) in [7, 11) is 1.61. The number of aliphatic hydroxyl groups excluding tert-OH is 1. The lowest BCUT2D eigenvalue weighted by molar-refractivity contribution is 0.238. The molecular formula is C17H18O3. The molecule has 1 N–H and O–H groups in total. The van der Waals surface area contributed by atoms with Gasteiger partial charge < -0.3 is 14.6 Å². The van der Waals surface area contributed by atoms with E-state index >= 15 is 0 Å². The van der Waals surface area contributed by atoms with Crippen LogP contribution < -0.4 is 9.47 Å². The van der Waals surface area contributed by atoms with Gasteiger partial charge in [0.25, 0.3) is 0 Å². The molecule has 0 saturated heterocycles. The highest BCUT2D eigenvalue weighted by molar-refractivity contribution is 5.47. The molecule has 0 saturated carbocycles. The van der Waals surface area contributed by atoms with E-state index in [1.54, 1.807) is 7.11 Å². The highest BCUT2D eigenvalue weighted by Gasteiger charge is 2.26. The Balaban J connectivity index is 1.74. The normalized spacial score (nSPS) is 16.2. The molecule has 1 unspecified atom stereocenters. The number of methoxy groups -OCH3 is 1. The molecule has 0 radical (unpaired) electrons. The fourth-order valence-electron chi connectivity index (χ4n) is 2.71. The second-order valence-electron chi connectivity index (χ2n) is 5.02. The van der Waals surface area contributed by atoms with Gasteiger partial charge in [-0.25, -0.2) is 0 Å². The minimum Gasteiger partial charge on any atom is -0.493 e. The van der Waals surface area contributed by atoms with Crippen molar-refractivity contribution in [2.45, 2.75) is 18.9 Å². The van der Waals surface area contributed by atoms with Crippen molar-refractivity contribution in [3.8, 4) is 11.5 Å². The smallest absolute Gasteiger partial charge is 0.166 e. The Labute approximate surface area is 118 Å². The van der Waals surface area contributed by atoms with Crippen molar-refractivity contribution in [1.29, 1.82) is 0 Å². The SMILES string of the molecule is COc1cccc(CO)c1OCC1Cc2ccccc21. The van der Waals surface area contributed by atoms with Crippen LogP contribution in [0.3, 0.4) is 0 Å². The molecule has 0 spiro atoms. The van der Waals surface area contributed by atoms with Crippen LogP contribution in [0.2, 0.25) is 0 Å². The number of benzene rings is 2. The van der Waals surface area contributed by atoms with Crippen LogP contribution in [0.5, 0.6) is 11.5 Å². The molecular weight excluding hydrogens is 252 g/mol. The first-order valence-electron chi connectivity index (χ1n) is 6.81. The molecule has 0 aliphatic heterocycles. The van der Waals surface area contributed by atoms with Crippen LogP contribution in [0.4, 0.5) is 0 Å². The summed E-state index contributed by atoms with van der Waals surface area (Å²) < 4.78 is 11.2. The molecule has 2 aromatic rings. The van der Waals surface area contributed by atoms with Crippen molar-refractivity contribution in [1.82, 2.24) is 0 Å². The Bertz CT molecular complexity index is 585. The topological polar surface area (TPSA) is 38.7 Å². The first-order chi connectivity index (χ1) is 9.83. The average Bonchev–Trinajstić information content (AvgIpc) is 2.48. The van der Waals surface area contributed by atoms with Crippen LogP contribution in [0.25, 0.3) is 0 Å². The third-order valence-electron chi connectivity index (χ3n) is 3.84. The molecule has 1 atom stereocenters. The van der Waals surface area contributed by atoms with E-state index in [1.807, 2.05) is 18.2 Å². The standard InChI is InChI=1S/C17H18O3/c1-19-16-8-4-6-13(10-18)17(16)20-11-14-9-12-5-2-3-7-15(12)14/h2-8,14,18H,9-11H2,1H3. The Morgan fingerprint density at radius 3 is 2.75 bits per heavy atom. The maximum Gasteiger partial charge on any atom is 0.166 e. The minimum atomic E-state index is -0.0478. The summed E-state index contributed by atoms with van der Waals surface area (Å²) in [5, 5.41) is 9.40. The number of hydrogen-bond acceptors (Lipinski definition) is 3. The van der Waals surface area contributed by atoms with Crippen molar-refractivity contribution < 1.29 is 14.6 Å². The summed E-state index contributed by atoms with van der Waals surface area (Å²) in [6.45, 7) is 0.568. The van der Waals surface area contributed by atoms with Crippen LogP contribution in [-0.2, 0) is 13.0 Å². The lowest BCUT2D eigenvalue weighted by Crippen LogP contribution is -2.23. The molecule has 2 aromatic carbocycles. The minimum absolute atomic E-state index is 0.0478. The summed E-state index contributed by atoms with van der Waals surface area (Å²) in [6, 6.07) is 14.0. The van der Waals surface area contributed by atoms with Gasteiger partial charge >= 0.3 is 0 Å². The fraction of sp³-hybridized carbons (Fsp3) is 0.294. The van der Waals surface area contributed by atoms with Gasteiger partial charge in [0.15, 0.2) is 11.5 Å². The summed E-state index contributed by atoms with van der Waals surface area (Å²) in [5.41, 5.74) is 3.54. The predicted octanol–water partition coefficient (Wildman–Crippen LogP) is 2.91. The van der Waals surface area contributed by atoms with Crippen LogP contribution >= 0.6 is 0 Å². The summed E-state index contributed by atoms with van der Waals surface area (Å²) >= 11 is 0. The molecule has 1 aliphatic rings. The van der Waals surface area contributed by atoms with Gasteiger partial charge in [-0.15, -0.1) is 0 Å². The monoisotopic (exact) mass is 270 g/mol. The zero-order valence-electron chi connectivity index (χ0n) is 11.5. The van der Waals surface area contributed by atoms with E-state index in [-0.39, 0.29) is 6.61 Å². The van der Waals surface area contributed by atoms with Crippen LogP contribution in [-0.4, -0.2) is 18.8 Å². The average molecular weight is 270 g/mol. The van der Waals surface area contributed by atoms with E-state index in [9.17, 15) is 5.11 Å². The summed E-state index contributed by atoms with van der Waals surface area (Å²) in [6.07, 6.45) is 1.06. The molecule has 20 heavy (non-hydrogen) atoms. The van der Waals surface area contributed by atoms with Crippen LogP contribution in [0.15, 0.2) is 42.5 Å². The van der Waals surface area contributed by atoms with Gasteiger partial charge in [0.05, 0.1) is 20.3 Å². The van der Waals surface area contributed by atoms with E-state index in [0.29, 0.717) is 24.0 Å². The Morgan fingerprint density at radius 1 is 1.15 bits per heavy atom. The lowest BCUT2D eigenvalue weighted by Gasteiger charge is -2.30. The molecule has 0 amide bonds. The lowest BCUT2D eigenvalue weighted by atomic mass is 9.78. The molecule has 3 rings (SSSR count). The van der Waals surface area contributed by atoms with Crippen molar-refractivity contribution in [3.05, 3.63) is 59.2 Å². The predicted molar refractivity (Wildman–Crippen MR) is 77.3 cm³/mol. The van der Waals surface area contributed by atoms with Crippen molar-refractivity contribution in [2.75, 3.05) is 13.7 Å². The second kappa shape index (κ2) is 5.55. The van der Waals surface area contributed by atoms with E-state index in [2.05, 4.69) is 24.3 Å². The highest BCUT2D eigenvalue weighted by atomic mass is 16.5. The molecule has 0 heterocycles. The molecule has 0 bridgehead atoms. The van der Waals surface area contributed by atoms with Gasteiger partial charge in [0.1, 0.15) is 0 Å². The number of ether oxygens (including phenoxy) is 2. The van der Waals surface area contributed by atoms with Crippen LogP contribution in [0.1, 0.15) is 22.6 Å². The number of rotatable bonds is 5. The molecule has 3 nitrogen and oxygen atoms in total. The van der Waals surface area contributed by atoms with Crippen molar-refractivity contribution in [3.63, 3.8) is 0 Å². The molecule has 0 fully saturated rings. The van der Waals surface area contributed by atoms with E-state index in [4.69, 9.17) is 9.47 Å². The van der Waals surface area contributed by atoms with Crippen LogP contribution in [0, 0.1) is 0 Å². The number of fused-ring (bicyclic) bond motifs is 1. The Morgan fingerprint density at radius 2 is 2.00 bits per heavy atom. The maximum atomic E-state index is 9.40. The van der Waals surface area contributed by atoms with Crippen molar-refractivity contribution in [2.24, 2.45) is 0 Å². The Hall–Kier alpha value is -2.00. The van der Waals surface area contributed by atoms with Gasteiger partial charge in [-0.05, 0) is 23.6 Å². The number of aliphatic hydroxyl groups is 1. The van der Waals surface area contributed by atoms with E-state index in [1.165, 1.54) is 11.1 Å². The maximum absolute atomic E-state index is 9.40. The highest BCUT2D eigenvalue weighted by Crippen LogP contribution is 2.37. The first-order valence-corrected chi connectivity index (χ1v) is 6.81. The van der Waals surface area contributed by atoms with Gasteiger partial charge in [-0.3, -0.25) is 0 Å². The molecule has 0 aromatic heterocycles. The molecule has 3 heteroatoms. The van der Waals surface area contributed by atoms with Crippen molar-refractivity contribution >= 4 is 0 Å². The number of para-hydroxylation sites is 1. The molecule has 1 aliphatic carbocycles. The Kier molecular flexibility index (Phi) is 3.61. The molecule has 104 valence electrons. The van der Waals surface area contributed by atoms with Gasteiger partial charge in [0, 0.05) is 11.5 Å². The third kappa shape index (κ3) is 2.25. The zero-order chi connectivity index (χ0) is 13.9. The zero-order valence-corrected chi connectivity index (χ0v) is 11.5. The summed E-state index contributed by atoms with van der Waals surface area (Å²) in [5.74, 6) is 1.76. The van der Waals surface area contributed by atoms with Gasteiger partial charge in [0.2, 0.25) is 0 Å². The third-order valence-corrected chi connectivity index (χ3v) is 3.84. The quantitative estimate of drug-likeness (QED) is 0.908. The number of hydrogen-bond donors (Lipinski definition) is 1. The second-order valence-corrected chi connectivity index (χ2v) is 5.02. The van der Waals surface area contributed by atoms with E-state index < -0.39 is 0 Å². The summed E-state index contributed by atoms with van der Waals surface area (Å²) in [4.78, 5) is 0. The largest absolute Gasteiger partial charge is 0.493 e. The van der Waals surface area contributed by atoms with Gasteiger partial charge in [-0.2, -0.15) is 0 Å².